The van der Waals surface area contributed by atoms with Crippen LogP contribution in [0.2, 0.25) is 0 Å². The zero-order valence-electron chi connectivity index (χ0n) is 17.7. The standard InChI is InChI=1S/C23H37Br2N3/c1-3-5-7-9-10-11-13-15-19(14-12-8-6-4-2)18-28-26-22-20(24)16-17-21(25)23(22)27-28/h16-17,19H,3-15,18H2,1-2H3. The smallest absolute Gasteiger partial charge is 0.128 e. The molecule has 28 heavy (non-hydrogen) atoms. The molecule has 1 heterocycles. The monoisotopic (exact) mass is 513 g/mol. The molecule has 0 spiro atoms. The van der Waals surface area contributed by atoms with E-state index >= 15 is 0 Å². The molecule has 0 aliphatic carbocycles. The average molecular weight is 515 g/mol. The molecule has 0 bridgehead atoms. The Kier molecular flexibility index (Phi) is 11.7. The van der Waals surface area contributed by atoms with Crippen LogP contribution >= 0.6 is 31.9 Å². The highest BCUT2D eigenvalue weighted by Crippen LogP contribution is 2.28. The third-order valence-electron chi connectivity index (χ3n) is 5.59. The van der Waals surface area contributed by atoms with Gasteiger partial charge in [0.05, 0.1) is 6.54 Å². The van der Waals surface area contributed by atoms with Crippen molar-refractivity contribution in [3.8, 4) is 0 Å². The van der Waals surface area contributed by atoms with E-state index in [0.717, 1.165) is 26.5 Å². The zero-order valence-corrected chi connectivity index (χ0v) is 20.9. The average Bonchev–Trinajstić information content (AvgIpc) is 3.12. The van der Waals surface area contributed by atoms with E-state index < -0.39 is 0 Å². The molecule has 0 saturated carbocycles. The van der Waals surface area contributed by atoms with Crippen LogP contribution in [0, 0.1) is 5.92 Å². The quantitative estimate of drug-likeness (QED) is 0.222. The Morgan fingerprint density at radius 3 is 1.64 bits per heavy atom. The second kappa shape index (κ2) is 13.7. The number of unbranched alkanes of at least 4 members (excludes halogenated alkanes) is 9. The van der Waals surface area contributed by atoms with Gasteiger partial charge >= 0.3 is 0 Å². The molecule has 2 aromatic rings. The van der Waals surface area contributed by atoms with Crippen LogP contribution in [-0.2, 0) is 6.54 Å². The van der Waals surface area contributed by atoms with Crippen molar-refractivity contribution in [2.75, 3.05) is 0 Å². The van der Waals surface area contributed by atoms with E-state index in [1.165, 1.54) is 83.5 Å². The van der Waals surface area contributed by atoms with Crippen LogP contribution in [-0.4, -0.2) is 15.0 Å². The summed E-state index contributed by atoms with van der Waals surface area (Å²) in [7, 11) is 0. The molecular weight excluding hydrogens is 478 g/mol. The maximum Gasteiger partial charge on any atom is 0.128 e. The summed E-state index contributed by atoms with van der Waals surface area (Å²) in [5, 5.41) is 9.53. The maximum atomic E-state index is 4.76. The minimum absolute atomic E-state index is 0.687. The van der Waals surface area contributed by atoms with Gasteiger partial charge in [-0.25, -0.2) is 0 Å². The van der Waals surface area contributed by atoms with Crippen LogP contribution < -0.4 is 0 Å². The summed E-state index contributed by atoms with van der Waals surface area (Å²) in [6.45, 7) is 5.51. The second-order valence-corrected chi connectivity index (χ2v) is 9.82. The Bertz CT molecular complexity index is 645. The first-order valence-electron chi connectivity index (χ1n) is 11.3. The van der Waals surface area contributed by atoms with Crippen molar-refractivity contribution in [2.24, 2.45) is 5.92 Å². The number of fused-ring (bicyclic) bond motifs is 1. The Balaban J connectivity index is 1.89. The van der Waals surface area contributed by atoms with Gasteiger partial charge in [0.15, 0.2) is 0 Å². The Hall–Kier alpha value is -0.420. The Morgan fingerprint density at radius 2 is 1.14 bits per heavy atom. The van der Waals surface area contributed by atoms with Crippen LogP contribution in [0.1, 0.15) is 97.3 Å². The van der Waals surface area contributed by atoms with Gasteiger partial charge in [-0.3, -0.25) is 0 Å². The summed E-state index contributed by atoms with van der Waals surface area (Å²) in [4.78, 5) is 1.94. The highest BCUT2D eigenvalue weighted by atomic mass is 79.9. The van der Waals surface area contributed by atoms with Crippen molar-refractivity contribution in [2.45, 2.75) is 104 Å². The fourth-order valence-electron chi connectivity index (χ4n) is 3.86. The van der Waals surface area contributed by atoms with Crippen LogP contribution in [0.3, 0.4) is 0 Å². The third-order valence-corrected chi connectivity index (χ3v) is 6.87. The number of nitrogens with zero attached hydrogens (tertiary/aromatic N) is 3. The van der Waals surface area contributed by atoms with E-state index in [0.29, 0.717) is 5.92 Å². The van der Waals surface area contributed by atoms with Gasteiger partial charge in [0.1, 0.15) is 11.0 Å². The van der Waals surface area contributed by atoms with Gasteiger partial charge in [0, 0.05) is 8.95 Å². The molecule has 3 nitrogen and oxygen atoms in total. The molecule has 5 heteroatoms. The van der Waals surface area contributed by atoms with Crippen molar-refractivity contribution < 1.29 is 0 Å². The number of hydrogen-bond acceptors (Lipinski definition) is 2. The number of halogens is 2. The highest BCUT2D eigenvalue weighted by molar-refractivity contribution is 9.11. The molecule has 0 N–H and O–H groups in total. The van der Waals surface area contributed by atoms with Crippen molar-refractivity contribution in [3.05, 3.63) is 21.1 Å². The van der Waals surface area contributed by atoms with Crippen molar-refractivity contribution in [1.29, 1.82) is 0 Å². The molecule has 1 aromatic carbocycles. The molecule has 1 aromatic heterocycles. The lowest BCUT2D eigenvalue weighted by molar-refractivity contribution is 0.326. The summed E-state index contributed by atoms with van der Waals surface area (Å²) < 4.78 is 2.03. The summed E-state index contributed by atoms with van der Waals surface area (Å²) in [6.07, 6.45) is 17.6. The SMILES string of the molecule is CCCCCCCCCC(CCCCCC)Cn1nc2c(Br)ccc(Br)c2n1. The van der Waals surface area contributed by atoms with Crippen LogP contribution in [0.5, 0.6) is 0 Å². The summed E-state index contributed by atoms with van der Waals surface area (Å²) in [5.41, 5.74) is 1.91. The lowest BCUT2D eigenvalue weighted by Crippen LogP contribution is -2.13. The van der Waals surface area contributed by atoms with Crippen molar-refractivity contribution >= 4 is 42.9 Å². The first-order chi connectivity index (χ1) is 13.7. The van der Waals surface area contributed by atoms with Gasteiger partial charge in [-0.15, -0.1) is 0 Å². The molecule has 0 amide bonds. The highest BCUT2D eigenvalue weighted by Gasteiger charge is 2.14. The maximum absolute atomic E-state index is 4.76. The minimum atomic E-state index is 0.687. The zero-order chi connectivity index (χ0) is 20.2. The Morgan fingerprint density at radius 1 is 0.714 bits per heavy atom. The first kappa shape index (κ1) is 23.9. The molecule has 0 saturated heterocycles. The fourth-order valence-corrected chi connectivity index (χ4v) is 4.66. The van der Waals surface area contributed by atoms with Crippen LogP contribution in [0.4, 0.5) is 0 Å². The topological polar surface area (TPSA) is 30.7 Å². The van der Waals surface area contributed by atoms with Crippen molar-refractivity contribution in [3.63, 3.8) is 0 Å². The molecule has 0 aliphatic heterocycles. The van der Waals surface area contributed by atoms with E-state index in [9.17, 15) is 0 Å². The predicted molar refractivity (Wildman–Crippen MR) is 128 cm³/mol. The van der Waals surface area contributed by atoms with Gasteiger partial charge in [0.25, 0.3) is 0 Å². The van der Waals surface area contributed by atoms with Crippen molar-refractivity contribution in [1.82, 2.24) is 15.0 Å². The van der Waals surface area contributed by atoms with Crippen LogP contribution in [0.25, 0.3) is 11.0 Å². The molecule has 0 aliphatic rings. The van der Waals surface area contributed by atoms with E-state index in [4.69, 9.17) is 10.2 Å². The van der Waals surface area contributed by atoms with Crippen LogP contribution in [0.15, 0.2) is 21.1 Å². The van der Waals surface area contributed by atoms with Gasteiger partial charge < -0.3 is 0 Å². The van der Waals surface area contributed by atoms with Gasteiger partial charge in [-0.05, 0) is 62.8 Å². The van der Waals surface area contributed by atoms with Gasteiger partial charge in [0.2, 0.25) is 0 Å². The predicted octanol–water partition coefficient (Wildman–Crippen LogP) is 8.68. The minimum Gasteiger partial charge on any atom is -0.183 e. The lowest BCUT2D eigenvalue weighted by Gasteiger charge is -2.16. The fraction of sp³-hybridized carbons (Fsp3) is 0.739. The molecule has 1 unspecified atom stereocenters. The number of benzene rings is 1. The van der Waals surface area contributed by atoms with Gasteiger partial charge in [-0.2, -0.15) is 15.0 Å². The molecule has 2 rings (SSSR count). The summed E-state index contributed by atoms with van der Waals surface area (Å²) >= 11 is 7.22. The van der Waals surface area contributed by atoms with E-state index in [2.05, 4.69) is 45.7 Å². The molecule has 0 radical (unpaired) electrons. The Labute approximate surface area is 188 Å². The second-order valence-electron chi connectivity index (χ2n) is 8.11. The molecule has 1 atom stereocenters. The molecular formula is C23H37Br2N3. The first-order valence-corrected chi connectivity index (χ1v) is 12.9. The number of rotatable bonds is 15. The summed E-state index contributed by atoms with van der Waals surface area (Å²) in [5.74, 6) is 0.687. The van der Waals surface area contributed by atoms with Gasteiger partial charge in [-0.1, -0.05) is 84.5 Å². The summed E-state index contributed by atoms with van der Waals surface area (Å²) in [6, 6.07) is 4.07. The molecule has 158 valence electrons. The van der Waals surface area contributed by atoms with E-state index in [1.807, 2.05) is 16.9 Å². The normalized spacial score (nSPS) is 12.7. The lowest BCUT2D eigenvalue weighted by atomic mass is 9.94. The molecule has 0 fully saturated rings. The van der Waals surface area contributed by atoms with E-state index in [1.54, 1.807) is 0 Å². The third kappa shape index (κ3) is 8.14. The number of hydrogen-bond donors (Lipinski definition) is 0. The van der Waals surface area contributed by atoms with E-state index in [-0.39, 0.29) is 0 Å². The number of aromatic nitrogens is 3. The largest absolute Gasteiger partial charge is 0.183 e.